The van der Waals surface area contributed by atoms with Gasteiger partial charge in [0.05, 0.1) is 21.4 Å². The Kier molecular flexibility index (Phi) is 4.01. The molecule has 2 aliphatic heterocycles. The summed E-state index contributed by atoms with van der Waals surface area (Å²) in [6, 6.07) is 3.64. The van der Waals surface area contributed by atoms with Crippen LogP contribution in [0.2, 0.25) is 0 Å². The fourth-order valence-electron chi connectivity index (χ4n) is 2.84. The number of anilines is 2. The van der Waals surface area contributed by atoms with E-state index in [4.69, 9.17) is 5.73 Å². The number of hydrogen-bond donors (Lipinski definition) is 4. The highest BCUT2D eigenvalue weighted by Crippen LogP contribution is 2.45. The number of nitrogens with one attached hydrogen (secondary N) is 3. The van der Waals surface area contributed by atoms with E-state index in [0.29, 0.717) is 6.54 Å². The summed E-state index contributed by atoms with van der Waals surface area (Å²) in [5.74, 6) is -0.471. The Labute approximate surface area is 139 Å². The number of allylic oxidation sites excluding steroid dienone is 1. The van der Waals surface area contributed by atoms with Crippen LogP contribution in [0.3, 0.4) is 0 Å². The fourth-order valence-corrected chi connectivity index (χ4v) is 3.54. The van der Waals surface area contributed by atoms with Gasteiger partial charge in [0, 0.05) is 31.4 Å². The zero-order valence-electron chi connectivity index (χ0n) is 12.1. The lowest BCUT2D eigenvalue weighted by Gasteiger charge is -2.27. The minimum absolute atomic E-state index is 0.0513. The van der Waals surface area contributed by atoms with Crippen LogP contribution in [0.15, 0.2) is 32.9 Å². The van der Waals surface area contributed by atoms with Gasteiger partial charge in [0.25, 0.3) is 0 Å². The highest BCUT2D eigenvalue weighted by atomic mass is 79.9. The van der Waals surface area contributed by atoms with Gasteiger partial charge in [-0.2, -0.15) is 13.2 Å². The molecule has 2 heterocycles. The molecule has 9 heteroatoms. The molecule has 3 rings (SSSR count). The van der Waals surface area contributed by atoms with Crippen LogP contribution in [0.1, 0.15) is 11.5 Å². The molecule has 2 aliphatic rings. The number of alkyl halides is 3. The van der Waals surface area contributed by atoms with Crippen LogP contribution in [0.4, 0.5) is 24.5 Å². The van der Waals surface area contributed by atoms with E-state index in [9.17, 15) is 13.2 Å². The van der Waals surface area contributed by atoms with Crippen LogP contribution in [0.5, 0.6) is 0 Å². The van der Waals surface area contributed by atoms with Crippen molar-refractivity contribution in [2.45, 2.75) is 18.4 Å². The average molecular weight is 390 g/mol. The first-order valence-electron chi connectivity index (χ1n) is 6.93. The first-order chi connectivity index (χ1) is 10.8. The molecule has 1 aromatic carbocycles. The predicted molar refractivity (Wildman–Crippen MR) is 87.6 cm³/mol. The number of hydrogen-bond acceptors (Lipinski definition) is 5. The maximum atomic E-state index is 13.3. The topological polar surface area (TPSA) is 74.5 Å². The third kappa shape index (κ3) is 2.78. The summed E-state index contributed by atoms with van der Waals surface area (Å²) >= 11 is 3.48. The molecule has 0 fully saturated rings. The van der Waals surface area contributed by atoms with Gasteiger partial charge in [-0.25, -0.2) is 0 Å². The lowest BCUT2D eigenvalue weighted by molar-refractivity contribution is -0.0872. The van der Waals surface area contributed by atoms with Crippen molar-refractivity contribution >= 4 is 33.5 Å². The van der Waals surface area contributed by atoms with Gasteiger partial charge in [0.15, 0.2) is 6.29 Å². The van der Waals surface area contributed by atoms with Crippen molar-refractivity contribution in [3.63, 3.8) is 0 Å². The summed E-state index contributed by atoms with van der Waals surface area (Å²) in [7, 11) is 1.78. The van der Waals surface area contributed by atoms with Crippen LogP contribution in [0, 0.1) is 0 Å². The molecule has 0 spiro atoms. The molecule has 0 bridgehead atoms. The van der Waals surface area contributed by atoms with Crippen molar-refractivity contribution < 1.29 is 13.2 Å². The Morgan fingerprint density at radius 3 is 2.78 bits per heavy atom. The second-order valence-corrected chi connectivity index (χ2v) is 6.06. The number of nitrogens with two attached hydrogens (primary N) is 1. The van der Waals surface area contributed by atoms with Gasteiger partial charge in [0.2, 0.25) is 0 Å². The summed E-state index contributed by atoms with van der Waals surface area (Å²) in [5, 5.41) is 8.86. The summed E-state index contributed by atoms with van der Waals surface area (Å²) in [5.41, 5.74) is 7.33. The van der Waals surface area contributed by atoms with Crippen LogP contribution in [-0.4, -0.2) is 32.3 Å². The summed E-state index contributed by atoms with van der Waals surface area (Å²) in [6.45, 7) is 0.351. The minimum Gasteiger partial charge on any atom is -0.387 e. The van der Waals surface area contributed by atoms with Gasteiger partial charge in [-0.15, -0.1) is 0 Å². The maximum absolute atomic E-state index is 13.3. The lowest BCUT2D eigenvalue weighted by atomic mass is 9.93. The number of nitrogens with zero attached hydrogens (tertiary/aromatic N) is 1. The zero-order valence-corrected chi connectivity index (χ0v) is 13.7. The highest BCUT2D eigenvalue weighted by molar-refractivity contribution is 9.10. The molecule has 23 heavy (non-hydrogen) atoms. The SMILES string of the molecule is CNc1ccc2c(c1Br)NCC2C1=C(C(F)(F)F)C=NC(N)N1. The second-order valence-electron chi connectivity index (χ2n) is 5.27. The molecule has 0 aromatic heterocycles. The molecule has 0 aliphatic carbocycles. The van der Waals surface area contributed by atoms with E-state index >= 15 is 0 Å². The Morgan fingerprint density at radius 1 is 1.39 bits per heavy atom. The van der Waals surface area contributed by atoms with E-state index in [0.717, 1.165) is 27.6 Å². The number of benzene rings is 1. The third-order valence-corrected chi connectivity index (χ3v) is 4.74. The molecular weight excluding hydrogens is 375 g/mol. The zero-order chi connectivity index (χ0) is 16.8. The number of rotatable bonds is 2. The van der Waals surface area contributed by atoms with Crippen molar-refractivity contribution in [3.05, 3.63) is 33.4 Å². The molecule has 0 saturated heterocycles. The normalized spacial score (nSPS) is 23.4. The second kappa shape index (κ2) is 5.72. The number of aliphatic imine (C=N–C) groups is 1. The Hall–Kier alpha value is -1.74. The molecule has 5 nitrogen and oxygen atoms in total. The van der Waals surface area contributed by atoms with Gasteiger partial charge >= 0.3 is 6.18 Å². The van der Waals surface area contributed by atoms with E-state index in [1.165, 1.54) is 0 Å². The molecule has 0 radical (unpaired) electrons. The molecule has 0 amide bonds. The third-order valence-electron chi connectivity index (χ3n) is 3.91. The fraction of sp³-hybridized carbons (Fsp3) is 0.357. The first-order valence-corrected chi connectivity index (χ1v) is 7.73. The van der Waals surface area contributed by atoms with Crippen LogP contribution >= 0.6 is 15.9 Å². The Bertz CT molecular complexity index is 698. The van der Waals surface area contributed by atoms with Gasteiger partial charge in [0.1, 0.15) is 0 Å². The molecule has 2 unspecified atom stereocenters. The van der Waals surface area contributed by atoms with Gasteiger partial charge in [-0.05, 0) is 27.6 Å². The predicted octanol–water partition coefficient (Wildman–Crippen LogP) is 2.73. The van der Waals surface area contributed by atoms with Gasteiger partial charge in [-0.1, -0.05) is 6.07 Å². The molecule has 1 aromatic rings. The van der Waals surface area contributed by atoms with Gasteiger partial charge < -0.3 is 16.0 Å². The van der Waals surface area contributed by atoms with E-state index in [2.05, 4.69) is 36.9 Å². The van der Waals surface area contributed by atoms with Crippen molar-refractivity contribution in [2.75, 3.05) is 24.2 Å². The summed E-state index contributed by atoms with van der Waals surface area (Å²) < 4.78 is 40.6. The van der Waals surface area contributed by atoms with Gasteiger partial charge in [-0.3, -0.25) is 10.7 Å². The lowest BCUT2D eigenvalue weighted by Crippen LogP contribution is -2.42. The van der Waals surface area contributed by atoms with Crippen molar-refractivity contribution in [1.29, 1.82) is 0 Å². The van der Waals surface area contributed by atoms with E-state index in [1.807, 2.05) is 12.1 Å². The summed E-state index contributed by atoms with van der Waals surface area (Å²) in [4.78, 5) is 3.62. The summed E-state index contributed by atoms with van der Waals surface area (Å²) in [6.07, 6.45) is -4.55. The number of fused-ring (bicyclic) bond motifs is 1. The maximum Gasteiger partial charge on any atom is 0.419 e. The van der Waals surface area contributed by atoms with Crippen LogP contribution < -0.4 is 21.7 Å². The van der Waals surface area contributed by atoms with Crippen LogP contribution in [0.25, 0.3) is 0 Å². The van der Waals surface area contributed by atoms with E-state index < -0.39 is 24.0 Å². The molecule has 5 N–H and O–H groups in total. The van der Waals surface area contributed by atoms with E-state index in [1.54, 1.807) is 7.05 Å². The largest absolute Gasteiger partial charge is 0.419 e. The highest BCUT2D eigenvalue weighted by Gasteiger charge is 2.41. The monoisotopic (exact) mass is 389 g/mol. The Balaban J connectivity index is 2.09. The molecule has 124 valence electrons. The van der Waals surface area contributed by atoms with Crippen LogP contribution in [-0.2, 0) is 0 Å². The average Bonchev–Trinajstić information content (AvgIpc) is 2.91. The van der Waals surface area contributed by atoms with Crippen molar-refractivity contribution in [2.24, 2.45) is 10.7 Å². The Morgan fingerprint density at radius 2 is 2.13 bits per heavy atom. The smallest absolute Gasteiger partial charge is 0.387 e. The van der Waals surface area contributed by atoms with Crippen molar-refractivity contribution in [3.8, 4) is 0 Å². The minimum atomic E-state index is -4.49. The van der Waals surface area contributed by atoms with E-state index in [-0.39, 0.29) is 5.70 Å². The quantitative estimate of drug-likeness (QED) is 0.627. The first kappa shape index (κ1) is 16.1. The molecule has 0 saturated carbocycles. The molecular formula is C14H15BrF3N5. The standard InChI is InChI=1S/C14H15BrF3N5/c1-20-9-3-2-6-7(4-21-12(6)10(9)15)11-8(14(16,17)18)5-22-13(19)23-11/h2-3,5,7,13,20-21,23H,4,19H2,1H3. The number of halogens is 4. The molecule has 2 atom stereocenters. The van der Waals surface area contributed by atoms with Crippen molar-refractivity contribution in [1.82, 2.24) is 5.32 Å².